The Morgan fingerprint density at radius 1 is 1.39 bits per heavy atom. The SMILES string of the molecule is CC(C#N)C(=O)N1C[C@@H]2C[C@@H]2[C@@H]1COC(=O)N[C@@H](Cc1ccccc1)B(O)O. The third-order valence-electron chi connectivity index (χ3n) is 5.50. The molecule has 2 amide bonds. The van der Waals surface area contributed by atoms with Gasteiger partial charge in [0.05, 0.1) is 18.1 Å². The quantitative estimate of drug-likeness (QED) is 0.582. The van der Waals surface area contributed by atoms with Crippen molar-refractivity contribution in [3.8, 4) is 6.07 Å². The van der Waals surface area contributed by atoms with E-state index in [1.54, 1.807) is 11.8 Å². The minimum atomic E-state index is -1.73. The lowest BCUT2D eigenvalue weighted by Crippen LogP contribution is -2.49. The summed E-state index contributed by atoms with van der Waals surface area (Å²) in [4.78, 5) is 26.2. The standard InChI is InChI=1S/C19H24BN3O5/c1-12(9-21)18(24)23-10-14-8-15(14)16(23)11-28-19(25)22-17(20(26)27)7-13-5-3-2-4-6-13/h2-6,12,14-17,26-27H,7-8,10-11H2,1H3,(H,22,25)/t12?,14-,15-,16-,17-/m0/s1. The maximum atomic E-state index is 12.3. The number of alkyl carbamates (subject to hydrolysis) is 1. The second-order valence-corrected chi connectivity index (χ2v) is 7.52. The van der Waals surface area contributed by atoms with Gasteiger partial charge < -0.3 is 25.0 Å². The van der Waals surface area contributed by atoms with E-state index in [9.17, 15) is 19.6 Å². The first-order chi connectivity index (χ1) is 13.4. The maximum Gasteiger partial charge on any atom is 0.475 e. The largest absolute Gasteiger partial charge is 0.475 e. The number of nitriles is 1. The van der Waals surface area contributed by atoms with Crippen molar-refractivity contribution >= 4 is 19.1 Å². The Morgan fingerprint density at radius 3 is 2.75 bits per heavy atom. The molecule has 28 heavy (non-hydrogen) atoms. The fourth-order valence-corrected chi connectivity index (χ4v) is 3.80. The Labute approximate surface area is 164 Å². The van der Waals surface area contributed by atoms with Gasteiger partial charge in [-0.1, -0.05) is 30.3 Å². The van der Waals surface area contributed by atoms with E-state index in [-0.39, 0.29) is 25.0 Å². The highest BCUT2D eigenvalue weighted by atomic mass is 16.5. The van der Waals surface area contributed by atoms with Gasteiger partial charge in [-0.25, -0.2) is 4.79 Å². The van der Waals surface area contributed by atoms with E-state index in [1.165, 1.54) is 0 Å². The van der Waals surface area contributed by atoms with Crippen LogP contribution in [0.5, 0.6) is 0 Å². The fourth-order valence-electron chi connectivity index (χ4n) is 3.80. The maximum absolute atomic E-state index is 12.3. The van der Waals surface area contributed by atoms with E-state index in [4.69, 9.17) is 10.00 Å². The lowest BCUT2D eigenvalue weighted by molar-refractivity contribution is -0.135. The van der Waals surface area contributed by atoms with Crippen LogP contribution in [0.1, 0.15) is 18.9 Å². The second-order valence-electron chi connectivity index (χ2n) is 7.52. The van der Waals surface area contributed by atoms with Crippen LogP contribution in [-0.4, -0.2) is 59.2 Å². The Kier molecular flexibility index (Phi) is 6.22. The molecule has 8 nitrogen and oxygen atoms in total. The van der Waals surface area contributed by atoms with Gasteiger partial charge in [-0.15, -0.1) is 0 Å². The number of fused-ring (bicyclic) bond motifs is 1. The number of hydrogen-bond acceptors (Lipinski definition) is 6. The van der Waals surface area contributed by atoms with Crippen molar-refractivity contribution in [2.24, 2.45) is 17.8 Å². The number of nitrogens with one attached hydrogen (secondary N) is 1. The van der Waals surface area contributed by atoms with Gasteiger partial charge in [0.15, 0.2) is 0 Å². The minimum Gasteiger partial charge on any atom is -0.447 e. The van der Waals surface area contributed by atoms with E-state index in [1.807, 2.05) is 36.4 Å². The van der Waals surface area contributed by atoms with Crippen molar-refractivity contribution < 1.29 is 24.4 Å². The molecule has 3 N–H and O–H groups in total. The van der Waals surface area contributed by atoms with Gasteiger partial charge in [0, 0.05) is 6.54 Å². The summed E-state index contributed by atoms with van der Waals surface area (Å²) < 4.78 is 5.29. The van der Waals surface area contributed by atoms with E-state index in [0.717, 1.165) is 12.0 Å². The summed E-state index contributed by atoms with van der Waals surface area (Å²) in [6.07, 6.45) is 0.470. The topological polar surface area (TPSA) is 123 Å². The van der Waals surface area contributed by atoms with Gasteiger partial charge >= 0.3 is 13.2 Å². The van der Waals surface area contributed by atoms with Gasteiger partial charge in [-0.05, 0) is 37.2 Å². The lowest BCUT2D eigenvalue weighted by Gasteiger charge is -2.28. The number of nitrogens with zero attached hydrogens (tertiary/aromatic N) is 2. The molecule has 1 saturated carbocycles. The predicted molar refractivity (Wildman–Crippen MR) is 100 cm³/mol. The number of carbonyl (C=O) groups excluding carboxylic acids is 2. The van der Waals surface area contributed by atoms with E-state index in [0.29, 0.717) is 18.4 Å². The molecule has 2 fully saturated rings. The fraction of sp³-hybridized carbons (Fsp3) is 0.526. The van der Waals surface area contributed by atoms with Crippen molar-refractivity contribution in [3.05, 3.63) is 35.9 Å². The van der Waals surface area contributed by atoms with Gasteiger partial charge in [-0.3, -0.25) is 4.79 Å². The number of hydrogen-bond donors (Lipinski definition) is 3. The van der Waals surface area contributed by atoms with Crippen LogP contribution < -0.4 is 5.32 Å². The van der Waals surface area contributed by atoms with Crippen LogP contribution >= 0.6 is 0 Å². The number of likely N-dealkylation sites (tertiary alicyclic amines) is 1. The van der Waals surface area contributed by atoms with Crippen LogP contribution in [-0.2, 0) is 16.0 Å². The molecule has 3 rings (SSSR count). The summed E-state index contributed by atoms with van der Waals surface area (Å²) in [6.45, 7) is 2.18. The average Bonchev–Trinajstić information content (AvgIpc) is 3.37. The molecule has 1 aliphatic heterocycles. The summed E-state index contributed by atoms with van der Waals surface area (Å²) in [5, 5.41) is 30.6. The number of benzene rings is 1. The Bertz CT molecular complexity index is 754. The average molecular weight is 385 g/mol. The van der Waals surface area contributed by atoms with Gasteiger partial charge in [0.1, 0.15) is 12.5 Å². The Balaban J connectivity index is 1.53. The molecule has 1 aromatic rings. The van der Waals surface area contributed by atoms with Crippen LogP contribution in [0.25, 0.3) is 0 Å². The molecule has 0 aromatic heterocycles. The Morgan fingerprint density at radius 2 is 2.11 bits per heavy atom. The molecule has 2 aliphatic rings. The van der Waals surface area contributed by atoms with Crippen LogP contribution in [0.15, 0.2) is 30.3 Å². The lowest BCUT2D eigenvalue weighted by atomic mass is 9.76. The van der Waals surface area contributed by atoms with E-state index >= 15 is 0 Å². The molecule has 148 valence electrons. The molecular weight excluding hydrogens is 361 g/mol. The monoisotopic (exact) mass is 385 g/mol. The van der Waals surface area contributed by atoms with E-state index in [2.05, 4.69) is 5.32 Å². The zero-order valence-corrected chi connectivity index (χ0v) is 15.7. The van der Waals surface area contributed by atoms with Crippen molar-refractivity contribution in [2.75, 3.05) is 13.2 Å². The summed E-state index contributed by atoms with van der Waals surface area (Å²) in [6, 6.07) is 10.9. The van der Waals surface area contributed by atoms with Crippen LogP contribution in [0, 0.1) is 29.1 Å². The molecule has 0 spiro atoms. The number of amides is 2. The zero-order chi connectivity index (χ0) is 20.3. The van der Waals surface area contributed by atoms with Crippen molar-refractivity contribution in [1.29, 1.82) is 5.26 Å². The Hall–Kier alpha value is -2.57. The smallest absolute Gasteiger partial charge is 0.447 e. The first-order valence-electron chi connectivity index (χ1n) is 9.44. The van der Waals surface area contributed by atoms with Crippen molar-refractivity contribution in [2.45, 2.75) is 31.7 Å². The van der Waals surface area contributed by atoms with Crippen LogP contribution in [0.4, 0.5) is 4.79 Å². The summed E-state index contributed by atoms with van der Waals surface area (Å²) >= 11 is 0. The second kappa shape index (κ2) is 8.63. The molecule has 9 heteroatoms. The van der Waals surface area contributed by atoms with Crippen molar-refractivity contribution in [1.82, 2.24) is 10.2 Å². The van der Waals surface area contributed by atoms with Gasteiger partial charge in [-0.2, -0.15) is 5.26 Å². The van der Waals surface area contributed by atoms with E-state index < -0.39 is 25.1 Å². The van der Waals surface area contributed by atoms with Crippen LogP contribution in [0.3, 0.4) is 0 Å². The first-order valence-corrected chi connectivity index (χ1v) is 9.44. The molecule has 5 atom stereocenters. The highest BCUT2D eigenvalue weighted by Crippen LogP contribution is 2.49. The summed E-state index contributed by atoms with van der Waals surface area (Å²) in [7, 11) is -1.73. The van der Waals surface area contributed by atoms with Gasteiger partial charge in [0.2, 0.25) is 5.91 Å². The number of rotatable bonds is 7. The zero-order valence-electron chi connectivity index (χ0n) is 15.7. The van der Waals surface area contributed by atoms with Crippen molar-refractivity contribution in [3.63, 3.8) is 0 Å². The molecule has 1 saturated heterocycles. The summed E-state index contributed by atoms with van der Waals surface area (Å²) in [5.41, 5.74) is 0.847. The molecule has 1 aromatic carbocycles. The number of ether oxygens (including phenoxy) is 1. The highest BCUT2D eigenvalue weighted by Gasteiger charge is 2.54. The van der Waals surface area contributed by atoms with Crippen LogP contribution in [0.2, 0.25) is 0 Å². The minimum absolute atomic E-state index is 0.0243. The molecular formula is C19H24BN3O5. The first kappa shape index (κ1) is 20.2. The predicted octanol–water partition coefficient (Wildman–Crippen LogP) is 0.342. The normalized spacial score (nSPS) is 24.5. The molecule has 1 unspecified atom stereocenters. The highest BCUT2D eigenvalue weighted by molar-refractivity contribution is 6.43. The molecule has 0 bridgehead atoms. The summed E-state index contributed by atoms with van der Waals surface area (Å²) in [5.74, 6) is -1.17. The number of piperidine rings is 1. The third-order valence-corrected chi connectivity index (χ3v) is 5.50. The third kappa shape index (κ3) is 4.64. The van der Waals surface area contributed by atoms with Gasteiger partial charge in [0.25, 0.3) is 0 Å². The number of carbonyl (C=O) groups is 2. The molecule has 1 heterocycles. The molecule has 0 radical (unpaired) electrons. The molecule has 1 aliphatic carbocycles.